The first kappa shape index (κ1) is 14.3. The number of nitrogens with zero attached hydrogens (tertiary/aromatic N) is 2. The van der Waals surface area contributed by atoms with Crippen LogP contribution in [0.5, 0.6) is 0 Å². The normalized spacial score (nSPS) is 11.0. The van der Waals surface area contributed by atoms with Gasteiger partial charge in [0.05, 0.1) is 5.39 Å². The Morgan fingerprint density at radius 2 is 1.86 bits per heavy atom. The van der Waals surface area contributed by atoms with Gasteiger partial charge in [-0.25, -0.2) is 15.8 Å². The maximum absolute atomic E-state index is 5.65. The van der Waals surface area contributed by atoms with Crippen LogP contribution in [0.2, 0.25) is 0 Å². The molecule has 0 radical (unpaired) electrons. The highest BCUT2D eigenvalue weighted by Gasteiger charge is 2.14. The summed E-state index contributed by atoms with van der Waals surface area (Å²) in [6.07, 6.45) is 2.06. The Kier molecular flexibility index (Phi) is 3.84. The van der Waals surface area contributed by atoms with E-state index in [1.807, 2.05) is 12.1 Å². The minimum atomic E-state index is 0.686. The summed E-state index contributed by atoms with van der Waals surface area (Å²) in [5.74, 6) is 7.03. The molecule has 0 spiro atoms. The number of aromatic nitrogens is 2. The number of hydrogen-bond acceptors (Lipinski definition) is 6. The van der Waals surface area contributed by atoms with E-state index >= 15 is 0 Å². The zero-order valence-electron chi connectivity index (χ0n) is 12.1. The van der Waals surface area contributed by atoms with Crippen molar-refractivity contribution in [2.24, 2.45) is 5.84 Å². The number of nitrogens with two attached hydrogens (primary N) is 1. The van der Waals surface area contributed by atoms with E-state index in [0.717, 1.165) is 15.8 Å². The van der Waals surface area contributed by atoms with Gasteiger partial charge in [0.15, 0.2) is 11.6 Å². The van der Waals surface area contributed by atoms with E-state index in [2.05, 4.69) is 42.6 Å². The van der Waals surface area contributed by atoms with Crippen molar-refractivity contribution in [1.29, 1.82) is 0 Å². The Bertz CT molecular complexity index is 794. The number of benzene rings is 1. The lowest BCUT2D eigenvalue weighted by Crippen LogP contribution is -2.10. The van der Waals surface area contributed by atoms with Crippen LogP contribution in [-0.4, -0.2) is 16.2 Å². The Labute approximate surface area is 131 Å². The first-order chi connectivity index (χ1) is 10.1. The Morgan fingerprint density at radius 1 is 1.14 bits per heavy atom. The van der Waals surface area contributed by atoms with Gasteiger partial charge in [-0.1, -0.05) is 12.1 Å². The molecule has 0 aliphatic heterocycles. The number of aryl methyl sites for hydroxylation is 2. The van der Waals surface area contributed by atoms with Crippen molar-refractivity contribution in [3.8, 4) is 11.4 Å². The molecule has 3 N–H and O–H groups in total. The average Bonchev–Trinajstić information content (AvgIpc) is 2.81. The van der Waals surface area contributed by atoms with Gasteiger partial charge in [-0.05, 0) is 37.8 Å². The molecule has 0 saturated heterocycles. The fourth-order valence-corrected chi connectivity index (χ4v) is 3.66. The minimum absolute atomic E-state index is 0.686. The van der Waals surface area contributed by atoms with Gasteiger partial charge in [0.25, 0.3) is 0 Å². The highest BCUT2D eigenvalue weighted by molar-refractivity contribution is 7.98. The van der Waals surface area contributed by atoms with Crippen LogP contribution in [0.1, 0.15) is 10.4 Å². The standard InChI is InChI=1S/C15H16N4S2/c1-8-9(2)21-15-12(8)14(19-16)17-13(18-15)10-4-6-11(20-3)7-5-10/h4-7H,16H2,1-3H3,(H,17,18,19). The van der Waals surface area contributed by atoms with Crippen molar-refractivity contribution >= 4 is 39.1 Å². The summed E-state index contributed by atoms with van der Waals surface area (Å²) in [6.45, 7) is 4.17. The molecule has 2 heterocycles. The van der Waals surface area contributed by atoms with Crippen molar-refractivity contribution in [3.63, 3.8) is 0 Å². The molecular formula is C15H16N4S2. The van der Waals surface area contributed by atoms with Gasteiger partial charge in [-0.15, -0.1) is 23.1 Å². The maximum atomic E-state index is 5.65. The summed E-state index contributed by atoms with van der Waals surface area (Å²) in [4.78, 5) is 12.7. The summed E-state index contributed by atoms with van der Waals surface area (Å²) in [7, 11) is 0. The molecule has 0 unspecified atom stereocenters. The van der Waals surface area contributed by atoms with Crippen LogP contribution in [0.15, 0.2) is 29.2 Å². The van der Waals surface area contributed by atoms with Gasteiger partial charge in [0.1, 0.15) is 4.83 Å². The summed E-state index contributed by atoms with van der Waals surface area (Å²) in [5, 5.41) is 1.02. The molecule has 6 heteroatoms. The van der Waals surface area contributed by atoms with Gasteiger partial charge in [-0.2, -0.15) is 0 Å². The summed E-state index contributed by atoms with van der Waals surface area (Å²) < 4.78 is 0. The first-order valence-corrected chi connectivity index (χ1v) is 8.57. The van der Waals surface area contributed by atoms with Gasteiger partial charge < -0.3 is 5.43 Å². The molecule has 0 saturated carbocycles. The topological polar surface area (TPSA) is 63.8 Å². The fraction of sp³-hybridized carbons (Fsp3) is 0.200. The van der Waals surface area contributed by atoms with E-state index in [1.54, 1.807) is 23.1 Å². The lowest BCUT2D eigenvalue weighted by atomic mass is 10.2. The Balaban J connectivity index is 2.18. The number of hydrogen-bond donors (Lipinski definition) is 2. The maximum Gasteiger partial charge on any atom is 0.163 e. The number of thiophene rings is 1. The molecule has 1 aromatic carbocycles. The lowest BCUT2D eigenvalue weighted by molar-refractivity contribution is 1.19. The number of thioether (sulfide) groups is 1. The third-order valence-corrected chi connectivity index (χ3v) is 5.36. The van der Waals surface area contributed by atoms with E-state index in [0.29, 0.717) is 11.6 Å². The van der Waals surface area contributed by atoms with Crippen LogP contribution in [-0.2, 0) is 0 Å². The fourth-order valence-electron chi connectivity index (χ4n) is 2.22. The second-order valence-corrected chi connectivity index (χ2v) is 6.81. The van der Waals surface area contributed by atoms with Crippen molar-refractivity contribution < 1.29 is 0 Å². The Morgan fingerprint density at radius 3 is 2.48 bits per heavy atom. The molecule has 0 bridgehead atoms. The molecule has 2 aromatic heterocycles. The van der Waals surface area contributed by atoms with Gasteiger partial charge in [0.2, 0.25) is 0 Å². The third kappa shape index (κ3) is 2.50. The molecule has 0 amide bonds. The highest BCUT2D eigenvalue weighted by Crippen LogP contribution is 2.34. The van der Waals surface area contributed by atoms with Crippen molar-refractivity contribution in [1.82, 2.24) is 9.97 Å². The van der Waals surface area contributed by atoms with Crippen LogP contribution in [0.4, 0.5) is 5.82 Å². The quantitative estimate of drug-likeness (QED) is 0.435. The SMILES string of the molecule is CSc1ccc(-c2nc(NN)c3c(C)c(C)sc3n2)cc1. The predicted molar refractivity (Wildman–Crippen MR) is 91.9 cm³/mol. The van der Waals surface area contributed by atoms with Crippen LogP contribution in [0, 0.1) is 13.8 Å². The van der Waals surface area contributed by atoms with E-state index < -0.39 is 0 Å². The minimum Gasteiger partial charge on any atom is -0.308 e. The van der Waals surface area contributed by atoms with Crippen molar-refractivity contribution in [2.75, 3.05) is 11.7 Å². The van der Waals surface area contributed by atoms with Crippen LogP contribution < -0.4 is 11.3 Å². The molecule has 0 atom stereocenters. The summed E-state index contributed by atoms with van der Waals surface area (Å²) in [6, 6.07) is 8.24. The molecular weight excluding hydrogens is 300 g/mol. The predicted octanol–water partition coefficient (Wildman–Crippen LogP) is 3.98. The van der Waals surface area contributed by atoms with Gasteiger partial charge in [0, 0.05) is 15.3 Å². The first-order valence-electron chi connectivity index (χ1n) is 6.53. The van der Waals surface area contributed by atoms with Crippen LogP contribution in [0.25, 0.3) is 21.6 Å². The number of fused-ring (bicyclic) bond motifs is 1. The van der Waals surface area contributed by atoms with E-state index in [-0.39, 0.29) is 0 Å². The monoisotopic (exact) mass is 316 g/mol. The number of hydrazine groups is 1. The summed E-state index contributed by atoms with van der Waals surface area (Å²) in [5.41, 5.74) is 4.89. The molecule has 0 aliphatic carbocycles. The molecule has 108 valence electrons. The molecule has 4 nitrogen and oxygen atoms in total. The van der Waals surface area contributed by atoms with Crippen molar-refractivity contribution in [2.45, 2.75) is 18.7 Å². The molecule has 21 heavy (non-hydrogen) atoms. The Hall–Kier alpha value is -1.63. The second-order valence-electron chi connectivity index (χ2n) is 4.73. The second kappa shape index (κ2) is 5.63. The number of anilines is 1. The molecule has 0 fully saturated rings. The van der Waals surface area contributed by atoms with Gasteiger partial charge in [-0.3, -0.25) is 0 Å². The van der Waals surface area contributed by atoms with Crippen LogP contribution >= 0.6 is 23.1 Å². The van der Waals surface area contributed by atoms with Gasteiger partial charge >= 0.3 is 0 Å². The zero-order chi connectivity index (χ0) is 15.0. The zero-order valence-corrected chi connectivity index (χ0v) is 13.7. The number of nitrogen functional groups attached to an aromatic ring is 1. The van der Waals surface area contributed by atoms with E-state index in [9.17, 15) is 0 Å². The lowest BCUT2D eigenvalue weighted by Gasteiger charge is -2.06. The molecule has 3 aromatic rings. The smallest absolute Gasteiger partial charge is 0.163 e. The average molecular weight is 316 g/mol. The number of nitrogens with one attached hydrogen (secondary N) is 1. The third-order valence-electron chi connectivity index (χ3n) is 3.51. The molecule has 3 rings (SSSR count). The summed E-state index contributed by atoms with van der Waals surface area (Å²) >= 11 is 3.39. The largest absolute Gasteiger partial charge is 0.308 e. The number of rotatable bonds is 3. The highest BCUT2D eigenvalue weighted by atomic mass is 32.2. The van der Waals surface area contributed by atoms with E-state index in [1.165, 1.54) is 15.3 Å². The van der Waals surface area contributed by atoms with Crippen LogP contribution in [0.3, 0.4) is 0 Å². The van der Waals surface area contributed by atoms with E-state index in [4.69, 9.17) is 10.8 Å². The van der Waals surface area contributed by atoms with Crippen molar-refractivity contribution in [3.05, 3.63) is 34.7 Å². The molecule has 0 aliphatic rings.